The van der Waals surface area contributed by atoms with Crippen molar-refractivity contribution in [2.24, 2.45) is 0 Å². The monoisotopic (exact) mass is 398 g/mol. The van der Waals surface area contributed by atoms with Crippen LogP contribution in [0.5, 0.6) is 11.5 Å². The molecule has 0 saturated carbocycles. The number of nitrogens with zero attached hydrogens (tertiary/aromatic N) is 1. The lowest BCUT2D eigenvalue weighted by atomic mass is 10.1. The minimum atomic E-state index is -0.915. The Hall–Kier alpha value is -2.51. The van der Waals surface area contributed by atoms with Crippen molar-refractivity contribution in [3.63, 3.8) is 0 Å². The molecule has 136 valence electrons. The molecule has 1 aromatic carbocycles. The van der Waals surface area contributed by atoms with E-state index < -0.39 is 17.2 Å². The van der Waals surface area contributed by atoms with Crippen LogP contribution in [0.2, 0.25) is 10.2 Å². The zero-order chi connectivity index (χ0) is 19.0. The average Bonchev–Trinajstić information content (AvgIpc) is 2.99. The number of anilines is 1. The number of halogens is 3. The number of carbonyl (C=O) groups excluding carboxylic acids is 1. The number of pyridine rings is 1. The Bertz CT molecular complexity index is 992. The van der Waals surface area contributed by atoms with Crippen LogP contribution in [0.25, 0.3) is 11.0 Å². The molecule has 3 aromatic rings. The SMILES string of the molecule is CNc1c(C(=O)c2c(F)c(OC)cc(OC)c2Cl)oc2cnc(Cl)cc12. The predicted octanol–water partition coefficient (Wildman–Crippen LogP) is 4.56. The molecule has 2 heterocycles. The lowest BCUT2D eigenvalue weighted by molar-refractivity contribution is 0.101. The van der Waals surface area contributed by atoms with Crippen LogP contribution in [0.4, 0.5) is 10.1 Å². The third-order valence-electron chi connectivity index (χ3n) is 3.80. The summed E-state index contributed by atoms with van der Waals surface area (Å²) in [6.45, 7) is 0. The standard InChI is InChI=1S/C17H13Cl2FN2O4/c1-21-15-7-4-11(18)22-6-10(7)26-17(15)16(23)12-13(19)8(24-2)5-9(25-3)14(12)20/h4-6,21H,1-3H3. The lowest BCUT2D eigenvalue weighted by Crippen LogP contribution is -2.09. The molecule has 0 spiro atoms. The van der Waals surface area contributed by atoms with Gasteiger partial charge in [0.2, 0.25) is 5.78 Å². The van der Waals surface area contributed by atoms with Crippen molar-refractivity contribution in [2.45, 2.75) is 0 Å². The van der Waals surface area contributed by atoms with E-state index >= 15 is 0 Å². The van der Waals surface area contributed by atoms with Crippen LogP contribution in [0, 0.1) is 5.82 Å². The number of furan rings is 1. The van der Waals surface area contributed by atoms with Crippen molar-refractivity contribution in [1.82, 2.24) is 4.98 Å². The van der Waals surface area contributed by atoms with Crippen molar-refractivity contribution >= 4 is 45.6 Å². The number of ether oxygens (including phenoxy) is 2. The molecule has 26 heavy (non-hydrogen) atoms. The van der Waals surface area contributed by atoms with Gasteiger partial charge < -0.3 is 19.2 Å². The summed E-state index contributed by atoms with van der Waals surface area (Å²) in [7, 11) is 4.22. The number of carbonyl (C=O) groups is 1. The maximum absolute atomic E-state index is 14.8. The van der Waals surface area contributed by atoms with Crippen molar-refractivity contribution < 1.29 is 23.1 Å². The molecule has 9 heteroatoms. The molecule has 0 unspecified atom stereocenters. The summed E-state index contributed by atoms with van der Waals surface area (Å²) in [5.41, 5.74) is 0.234. The van der Waals surface area contributed by atoms with Crippen LogP contribution in [0.3, 0.4) is 0 Å². The highest BCUT2D eigenvalue weighted by Gasteiger charge is 2.30. The van der Waals surface area contributed by atoms with Gasteiger partial charge in [0.05, 0.1) is 36.7 Å². The second-order valence-corrected chi connectivity index (χ2v) is 5.94. The largest absolute Gasteiger partial charge is 0.495 e. The molecule has 6 nitrogen and oxygen atoms in total. The van der Waals surface area contributed by atoms with Crippen molar-refractivity contribution in [2.75, 3.05) is 26.6 Å². The summed E-state index contributed by atoms with van der Waals surface area (Å²) in [4.78, 5) is 16.9. The highest BCUT2D eigenvalue weighted by molar-refractivity contribution is 6.37. The smallest absolute Gasteiger partial charge is 0.235 e. The highest BCUT2D eigenvalue weighted by atomic mass is 35.5. The van der Waals surface area contributed by atoms with Crippen LogP contribution >= 0.6 is 23.2 Å². The Morgan fingerprint density at radius 3 is 2.54 bits per heavy atom. The molecule has 0 fully saturated rings. The Kier molecular flexibility index (Phi) is 4.93. The van der Waals surface area contributed by atoms with Gasteiger partial charge in [0.15, 0.2) is 22.9 Å². The van der Waals surface area contributed by atoms with Crippen molar-refractivity contribution in [1.29, 1.82) is 0 Å². The number of rotatable bonds is 5. The second-order valence-electron chi connectivity index (χ2n) is 5.17. The normalized spacial score (nSPS) is 10.8. The average molecular weight is 399 g/mol. The number of benzene rings is 1. The Balaban J connectivity index is 2.27. The molecule has 0 radical (unpaired) electrons. The van der Waals surface area contributed by atoms with Crippen LogP contribution in [-0.2, 0) is 0 Å². The van der Waals surface area contributed by atoms with Gasteiger partial charge in [-0.1, -0.05) is 23.2 Å². The van der Waals surface area contributed by atoms with E-state index in [2.05, 4.69) is 10.3 Å². The van der Waals surface area contributed by atoms with Gasteiger partial charge in [-0.15, -0.1) is 0 Å². The zero-order valence-electron chi connectivity index (χ0n) is 13.9. The first-order chi connectivity index (χ1) is 12.4. The first-order valence-electron chi connectivity index (χ1n) is 7.33. The molecule has 0 saturated heterocycles. The fourth-order valence-electron chi connectivity index (χ4n) is 2.58. The van der Waals surface area contributed by atoms with E-state index in [1.165, 1.54) is 32.5 Å². The number of hydrogen-bond acceptors (Lipinski definition) is 6. The Morgan fingerprint density at radius 1 is 1.23 bits per heavy atom. The molecule has 2 aromatic heterocycles. The van der Waals surface area contributed by atoms with Crippen LogP contribution in [-0.4, -0.2) is 32.0 Å². The van der Waals surface area contributed by atoms with Crippen molar-refractivity contribution in [3.8, 4) is 11.5 Å². The molecule has 0 atom stereocenters. The Morgan fingerprint density at radius 2 is 1.92 bits per heavy atom. The summed E-state index contributed by atoms with van der Waals surface area (Å²) in [6.07, 6.45) is 1.37. The first kappa shape index (κ1) is 18.3. The van der Waals surface area contributed by atoms with E-state index in [4.69, 9.17) is 37.1 Å². The molecular weight excluding hydrogens is 386 g/mol. The third-order valence-corrected chi connectivity index (χ3v) is 4.38. The fraction of sp³-hybridized carbons (Fsp3) is 0.176. The van der Waals surface area contributed by atoms with Gasteiger partial charge in [0, 0.05) is 18.5 Å². The molecule has 0 aliphatic heterocycles. The summed E-state index contributed by atoms with van der Waals surface area (Å²) >= 11 is 12.1. The van der Waals surface area contributed by atoms with E-state index in [0.29, 0.717) is 16.7 Å². The van der Waals surface area contributed by atoms with Crippen LogP contribution < -0.4 is 14.8 Å². The van der Waals surface area contributed by atoms with Crippen LogP contribution in [0.1, 0.15) is 16.1 Å². The van der Waals surface area contributed by atoms with Crippen LogP contribution in [0.15, 0.2) is 22.7 Å². The van der Waals surface area contributed by atoms with E-state index in [-0.39, 0.29) is 27.4 Å². The summed E-state index contributed by atoms with van der Waals surface area (Å²) in [6, 6.07) is 2.79. The lowest BCUT2D eigenvalue weighted by Gasteiger charge is -2.12. The third kappa shape index (κ3) is 2.83. The van der Waals surface area contributed by atoms with Gasteiger partial charge in [0.1, 0.15) is 10.9 Å². The van der Waals surface area contributed by atoms with Gasteiger partial charge >= 0.3 is 0 Å². The first-order valence-corrected chi connectivity index (χ1v) is 8.09. The molecule has 0 amide bonds. The second kappa shape index (κ2) is 7.01. The van der Waals surface area contributed by atoms with Gasteiger partial charge in [-0.25, -0.2) is 9.37 Å². The molecule has 0 aliphatic rings. The minimum Gasteiger partial charge on any atom is -0.495 e. The summed E-state index contributed by atoms with van der Waals surface area (Å²) in [5, 5.41) is 3.43. The Labute approximate surface area is 157 Å². The molecular formula is C17H13Cl2FN2O4. The number of aromatic nitrogens is 1. The van der Waals surface area contributed by atoms with E-state index in [1.807, 2.05) is 0 Å². The van der Waals surface area contributed by atoms with Gasteiger partial charge in [-0.05, 0) is 6.07 Å². The highest BCUT2D eigenvalue weighted by Crippen LogP contribution is 2.40. The van der Waals surface area contributed by atoms with Gasteiger partial charge in [-0.3, -0.25) is 4.79 Å². The maximum Gasteiger partial charge on any atom is 0.235 e. The van der Waals surface area contributed by atoms with Crippen molar-refractivity contribution in [3.05, 3.63) is 45.6 Å². The molecule has 3 rings (SSSR count). The summed E-state index contributed by atoms with van der Waals surface area (Å²) in [5.74, 6) is -1.91. The number of nitrogens with one attached hydrogen (secondary N) is 1. The fourth-order valence-corrected chi connectivity index (χ4v) is 3.04. The number of methoxy groups -OCH3 is 2. The van der Waals surface area contributed by atoms with E-state index in [0.717, 1.165) is 0 Å². The number of ketones is 1. The maximum atomic E-state index is 14.8. The predicted molar refractivity (Wildman–Crippen MR) is 96.5 cm³/mol. The van der Waals surface area contributed by atoms with E-state index in [9.17, 15) is 9.18 Å². The molecule has 0 aliphatic carbocycles. The summed E-state index contributed by atoms with van der Waals surface area (Å²) < 4.78 is 30.4. The quantitative estimate of drug-likeness (QED) is 0.501. The minimum absolute atomic E-state index is 0.0973. The topological polar surface area (TPSA) is 73.6 Å². The number of fused-ring (bicyclic) bond motifs is 1. The van der Waals surface area contributed by atoms with Gasteiger partial charge in [0.25, 0.3) is 0 Å². The zero-order valence-corrected chi connectivity index (χ0v) is 15.5. The molecule has 1 N–H and O–H groups in total. The number of hydrogen-bond donors (Lipinski definition) is 1. The van der Waals surface area contributed by atoms with E-state index in [1.54, 1.807) is 7.05 Å². The molecule has 0 bridgehead atoms. The van der Waals surface area contributed by atoms with Gasteiger partial charge in [-0.2, -0.15) is 0 Å².